The van der Waals surface area contributed by atoms with Crippen molar-refractivity contribution in [2.24, 2.45) is 0 Å². The number of sulfone groups is 1. The highest BCUT2D eigenvalue weighted by Crippen LogP contribution is 2.30. The maximum Gasteiger partial charge on any atom is 0.325 e. The number of aromatic nitrogens is 2. The van der Waals surface area contributed by atoms with Crippen LogP contribution >= 0.6 is 11.6 Å². The van der Waals surface area contributed by atoms with Gasteiger partial charge in [0.2, 0.25) is 34.8 Å². The zero-order valence-electron chi connectivity index (χ0n) is 25.8. The fourth-order valence-corrected chi connectivity index (χ4v) is 6.63. The highest BCUT2D eigenvalue weighted by Gasteiger charge is 2.29. The third kappa shape index (κ3) is 7.61. The van der Waals surface area contributed by atoms with E-state index in [0.717, 1.165) is 11.3 Å². The standard InChI is InChI=1S/C33H30ClF5N4O4S/c1-19(2)48(45,46)25-6-4-3-5-21(25)16-24-23(34)17-40-26(41-24)15-20-7-9-22(10-8-20)43-13-11-42(12-14-43)18-27(44)47-33-31(38)29(36)28(35)30(37)32(33)39/h3-10,17,19H,11-16,18H2,1-2H3. The molecule has 0 bridgehead atoms. The molecule has 0 saturated carbocycles. The van der Waals surface area contributed by atoms with Crippen LogP contribution in [0, 0.1) is 29.1 Å². The van der Waals surface area contributed by atoms with E-state index in [1.807, 2.05) is 24.3 Å². The number of anilines is 1. The van der Waals surface area contributed by atoms with Crippen LogP contribution in [0.5, 0.6) is 5.75 Å². The summed E-state index contributed by atoms with van der Waals surface area (Å²) in [6.45, 7) is 4.59. The van der Waals surface area contributed by atoms with Gasteiger partial charge < -0.3 is 9.64 Å². The molecule has 0 aliphatic carbocycles. The first kappa shape index (κ1) is 35.2. The van der Waals surface area contributed by atoms with E-state index >= 15 is 0 Å². The van der Waals surface area contributed by atoms with E-state index in [2.05, 4.69) is 19.6 Å². The van der Waals surface area contributed by atoms with Crippen molar-refractivity contribution in [3.63, 3.8) is 0 Å². The lowest BCUT2D eigenvalue weighted by atomic mass is 10.1. The minimum absolute atomic E-state index is 0.218. The molecule has 0 spiro atoms. The summed E-state index contributed by atoms with van der Waals surface area (Å²) in [5.74, 6) is -13.4. The molecule has 1 aliphatic heterocycles. The van der Waals surface area contributed by atoms with E-state index in [9.17, 15) is 35.2 Å². The van der Waals surface area contributed by atoms with Gasteiger partial charge in [0.05, 0.1) is 27.4 Å². The van der Waals surface area contributed by atoms with E-state index in [1.165, 1.54) is 6.20 Å². The second-order valence-electron chi connectivity index (χ2n) is 11.4. The van der Waals surface area contributed by atoms with E-state index in [0.29, 0.717) is 54.7 Å². The molecule has 0 N–H and O–H groups in total. The number of halogens is 6. The lowest BCUT2D eigenvalue weighted by molar-refractivity contribution is -0.136. The van der Waals surface area contributed by atoms with Crippen LogP contribution in [-0.4, -0.2) is 67.2 Å². The summed E-state index contributed by atoms with van der Waals surface area (Å²) in [6.07, 6.45) is 2.12. The van der Waals surface area contributed by atoms with Crippen LogP contribution in [0.15, 0.2) is 59.6 Å². The third-order valence-electron chi connectivity index (χ3n) is 7.90. The normalized spacial score (nSPS) is 14.1. The van der Waals surface area contributed by atoms with Crippen molar-refractivity contribution in [3.8, 4) is 5.75 Å². The molecule has 0 amide bonds. The van der Waals surface area contributed by atoms with Gasteiger partial charge in [0.25, 0.3) is 0 Å². The summed E-state index contributed by atoms with van der Waals surface area (Å²) in [5, 5.41) is -0.254. The molecule has 15 heteroatoms. The van der Waals surface area contributed by atoms with Crippen LogP contribution in [-0.2, 0) is 27.5 Å². The van der Waals surface area contributed by atoms with E-state index in [1.54, 1.807) is 43.0 Å². The Kier molecular flexibility index (Phi) is 10.7. The van der Waals surface area contributed by atoms with Gasteiger partial charge in [-0.15, -0.1) is 0 Å². The molecule has 48 heavy (non-hydrogen) atoms. The summed E-state index contributed by atoms with van der Waals surface area (Å²) in [5.41, 5.74) is 2.94. The number of esters is 1. The number of rotatable bonds is 10. The lowest BCUT2D eigenvalue weighted by Gasteiger charge is -2.35. The molecule has 1 fully saturated rings. The second kappa shape index (κ2) is 14.5. The number of piperazine rings is 1. The zero-order chi connectivity index (χ0) is 34.7. The van der Waals surface area contributed by atoms with Crippen molar-refractivity contribution in [2.45, 2.75) is 36.8 Å². The summed E-state index contributed by atoms with van der Waals surface area (Å²) in [7, 11) is -3.51. The third-order valence-corrected chi connectivity index (χ3v) is 10.5. The summed E-state index contributed by atoms with van der Waals surface area (Å²) in [4.78, 5) is 25.2. The Hall–Kier alpha value is -4.14. The molecule has 4 aromatic rings. The molecule has 1 aromatic heterocycles. The Morgan fingerprint density at radius 1 is 0.875 bits per heavy atom. The monoisotopic (exact) mass is 708 g/mol. The number of carbonyl (C=O) groups excluding carboxylic acids is 1. The molecular weight excluding hydrogens is 679 g/mol. The molecule has 1 saturated heterocycles. The van der Waals surface area contributed by atoms with Crippen molar-refractivity contribution >= 4 is 33.1 Å². The van der Waals surface area contributed by atoms with E-state index in [-0.39, 0.29) is 11.3 Å². The number of nitrogens with zero attached hydrogens (tertiary/aromatic N) is 4. The predicted octanol–water partition coefficient (Wildman–Crippen LogP) is 5.92. The molecule has 0 unspecified atom stereocenters. The van der Waals surface area contributed by atoms with Crippen molar-refractivity contribution in [1.29, 1.82) is 0 Å². The molecule has 5 rings (SSSR count). The Bertz CT molecular complexity index is 1910. The fourth-order valence-electron chi connectivity index (χ4n) is 5.19. The maximum absolute atomic E-state index is 13.9. The van der Waals surface area contributed by atoms with Crippen LogP contribution in [0.4, 0.5) is 27.6 Å². The van der Waals surface area contributed by atoms with Gasteiger partial charge in [0.1, 0.15) is 5.82 Å². The Morgan fingerprint density at radius 3 is 2.10 bits per heavy atom. The molecule has 1 aliphatic rings. The average molecular weight is 709 g/mol. The summed E-state index contributed by atoms with van der Waals surface area (Å²) >= 11 is 6.41. The van der Waals surface area contributed by atoms with Gasteiger partial charge in [0.15, 0.2) is 9.84 Å². The molecule has 0 radical (unpaired) electrons. The number of carbonyl (C=O) groups is 1. The van der Waals surface area contributed by atoms with Gasteiger partial charge in [-0.1, -0.05) is 41.9 Å². The van der Waals surface area contributed by atoms with Crippen LogP contribution in [0.3, 0.4) is 0 Å². The minimum atomic E-state index is -3.51. The summed E-state index contributed by atoms with van der Waals surface area (Å²) < 4.78 is 98.1. The second-order valence-corrected chi connectivity index (χ2v) is 14.3. The maximum atomic E-state index is 13.9. The highest BCUT2D eigenvalue weighted by molar-refractivity contribution is 7.92. The fraction of sp³-hybridized carbons (Fsp3) is 0.303. The van der Waals surface area contributed by atoms with Crippen molar-refractivity contribution in [1.82, 2.24) is 14.9 Å². The van der Waals surface area contributed by atoms with Crippen molar-refractivity contribution < 1.29 is 39.9 Å². The SMILES string of the molecule is CC(C)S(=O)(=O)c1ccccc1Cc1nc(Cc2ccc(N3CCN(CC(=O)Oc4c(F)c(F)c(F)c(F)c4F)CC3)cc2)ncc1Cl. The average Bonchev–Trinajstić information content (AvgIpc) is 3.07. The first-order valence-corrected chi connectivity index (χ1v) is 16.8. The van der Waals surface area contributed by atoms with Gasteiger partial charge in [-0.05, 0) is 43.2 Å². The number of hydrogen-bond acceptors (Lipinski definition) is 8. The number of benzene rings is 3. The number of hydrogen-bond donors (Lipinski definition) is 0. The lowest BCUT2D eigenvalue weighted by Crippen LogP contribution is -2.48. The largest absolute Gasteiger partial charge is 0.419 e. The molecule has 0 atom stereocenters. The van der Waals surface area contributed by atoms with E-state index in [4.69, 9.17) is 11.6 Å². The first-order chi connectivity index (χ1) is 22.8. The van der Waals surface area contributed by atoms with Crippen LogP contribution < -0.4 is 9.64 Å². The smallest absolute Gasteiger partial charge is 0.325 e. The Labute approximate surface area is 279 Å². The first-order valence-electron chi connectivity index (χ1n) is 14.9. The molecule has 3 aromatic carbocycles. The van der Waals surface area contributed by atoms with Crippen molar-refractivity contribution in [3.05, 3.63) is 111 Å². The minimum Gasteiger partial charge on any atom is -0.419 e. The van der Waals surface area contributed by atoms with Gasteiger partial charge in [-0.3, -0.25) is 9.69 Å². The van der Waals surface area contributed by atoms with Gasteiger partial charge >= 0.3 is 5.97 Å². The molecule has 2 heterocycles. The quantitative estimate of drug-likeness (QED) is 0.0660. The van der Waals surface area contributed by atoms with Crippen LogP contribution in [0.2, 0.25) is 5.02 Å². The molecule has 254 valence electrons. The van der Waals surface area contributed by atoms with Gasteiger partial charge in [-0.25, -0.2) is 31.6 Å². The Balaban J connectivity index is 1.17. The highest BCUT2D eigenvalue weighted by atomic mass is 35.5. The summed E-state index contributed by atoms with van der Waals surface area (Å²) in [6, 6.07) is 14.5. The van der Waals surface area contributed by atoms with Gasteiger partial charge in [0, 0.05) is 50.9 Å². The van der Waals surface area contributed by atoms with Crippen LogP contribution in [0.1, 0.15) is 36.5 Å². The Morgan fingerprint density at radius 2 is 1.48 bits per heavy atom. The zero-order valence-corrected chi connectivity index (χ0v) is 27.4. The number of ether oxygens (including phenoxy) is 1. The van der Waals surface area contributed by atoms with Gasteiger partial charge in [-0.2, -0.15) is 8.78 Å². The molecular formula is C33H30ClF5N4O4S. The van der Waals surface area contributed by atoms with Crippen LogP contribution in [0.25, 0.3) is 0 Å². The van der Waals surface area contributed by atoms with Crippen molar-refractivity contribution in [2.75, 3.05) is 37.6 Å². The topological polar surface area (TPSA) is 92.7 Å². The molecule has 8 nitrogen and oxygen atoms in total. The predicted molar refractivity (Wildman–Crippen MR) is 168 cm³/mol. The van der Waals surface area contributed by atoms with E-state index < -0.39 is 62.4 Å².